The predicted molar refractivity (Wildman–Crippen MR) is 109 cm³/mol. The average Bonchev–Trinajstić information content (AvgIpc) is 3.44. The molecule has 33 heavy (non-hydrogen) atoms. The fourth-order valence-electron chi connectivity index (χ4n) is 3.75. The first-order chi connectivity index (χ1) is 15.8. The van der Waals surface area contributed by atoms with Gasteiger partial charge in [0.15, 0.2) is 24.1 Å². The van der Waals surface area contributed by atoms with Gasteiger partial charge in [-0.2, -0.15) is 5.10 Å². The quantitative estimate of drug-likeness (QED) is 0.376. The van der Waals surface area contributed by atoms with Gasteiger partial charge in [0, 0.05) is 34.0 Å². The van der Waals surface area contributed by atoms with Crippen molar-refractivity contribution in [3.05, 3.63) is 24.9 Å². The maximum Gasteiger partial charge on any atom is 0.303 e. The summed E-state index contributed by atoms with van der Waals surface area (Å²) >= 11 is 0. The largest absolute Gasteiger partial charge is 0.463 e. The Bertz CT molecular complexity index is 1200. The second-order valence-corrected chi connectivity index (χ2v) is 7.40. The Hall–Kier alpha value is -3.87. The standard InChI is InChI=1S/C20H22N6O7/c1-10(27)30-7-14-17(31-11(2)28)18(32-12(3)29)20(33-14)26-9-23-16-15(21-8-22-19(16)26)13-5-6-24-25(13)4/h5-6,8-9,14,17-18,20H,7H2,1-4H3/t14-,17-,18-,20-/m1/s1. The lowest BCUT2D eigenvalue weighted by atomic mass is 10.1. The van der Waals surface area contributed by atoms with E-state index < -0.39 is 42.4 Å². The Morgan fingerprint density at radius 2 is 1.76 bits per heavy atom. The lowest BCUT2D eigenvalue weighted by molar-refractivity contribution is -0.166. The maximum atomic E-state index is 11.9. The molecule has 0 spiro atoms. The van der Waals surface area contributed by atoms with Crippen molar-refractivity contribution in [2.24, 2.45) is 7.05 Å². The highest BCUT2D eigenvalue weighted by Crippen LogP contribution is 2.36. The second-order valence-electron chi connectivity index (χ2n) is 7.40. The molecule has 1 fully saturated rings. The lowest BCUT2D eigenvalue weighted by Crippen LogP contribution is -2.40. The highest BCUT2D eigenvalue weighted by Gasteiger charge is 2.51. The number of hydrogen-bond donors (Lipinski definition) is 0. The van der Waals surface area contributed by atoms with Crippen LogP contribution in [-0.2, 0) is 40.4 Å². The first-order valence-corrected chi connectivity index (χ1v) is 10.1. The van der Waals surface area contributed by atoms with Crippen LogP contribution < -0.4 is 0 Å². The monoisotopic (exact) mass is 458 g/mol. The normalized spacial score (nSPS) is 22.3. The van der Waals surface area contributed by atoms with Crippen LogP contribution >= 0.6 is 0 Å². The number of rotatable bonds is 6. The molecule has 0 saturated carbocycles. The first kappa shape index (κ1) is 22.3. The van der Waals surface area contributed by atoms with E-state index in [0.29, 0.717) is 16.9 Å². The van der Waals surface area contributed by atoms with Crippen molar-refractivity contribution < 1.29 is 33.3 Å². The number of ether oxygens (including phenoxy) is 4. The average molecular weight is 458 g/mol. The molecule has 174 valence electrons. The zero-order valence-electron chi connectivity index (χ0n) is 18.4. The Labute approximate surface area is 187 Å². The van der Waals surface area contributed by atoms with E-state index >= 15 is 0 Å². The van der Waals surface area contributed by atoms with Crippen LogP contribution in [0, 0.1) is 0 Å². The number of carbonyl (C=O) groups excluding carboxylic acids is 3. The number of imidazole rings is 1. The van der Waals surface area contributed by atoms with Crippen LogP contribution in [0.3, 0.4) is 0 Å². The molecule has 0 bridgehead atoms. The summed E-state index contributed by atoms with van der Waals surface area (Å²) in [5, 5.41) is 4.16. The van der Waals surface area contributed by atoms with Crippen LogP contribution in [0.2, 0.25) is 0 Å². The summed E-state index contributed by atoms with van der Waals surface area (Å²) in [6, 6.07) is 1.79. The van der Waals surface area contributed by atoms with Gasteiger partial charge >= 0.3 is 17.9 Å². The molecule has 4 atom stereocenters. The minimum atomic E-state index is -1.04. The van der Waals surface area contributed by atoms with Crippen LogP contribution in [0.5, 0.6) is 0 Å². The van der Waals surface area contributed by atoms with Crippen molar-refractivity contribution in [3.8, 4) is 11.4 Å². The second kappa shape index (κ2) is 8.94. The molecule has 0 aromatic carbocycles. The van der Waals surface area contributed by atoms with E-state index in [1.54, 1.807) is 28.6 Å². The Balaban J connectivity index is 1.77. The molecule has 1 saturated heterocycles. The number of aryl methyl sites for hydroxylation is 1. The Kier molecular flexibility index (Phi) is 6.05. The van der Waals surface area contributed by atoms with Crippen LogP contribution in [0.1, 0.15) is 27.0 Å². The van der Waals surface area contributed by atoms with Crippen molar-refractivity contribution in [1.82, 2.24) is 29.3 Å². The molecule has 0 aliphatic carbocycles. The number of fused-ring (bicyclic) bond motifs is 1. The van der Waals surface area contributed by atoms with Crippen molar-refractivity contribution in [2.75, 3.05) is 6.61 Å². The van der Waals surface area contributed by atoms with Crippen molar-refractivity contribution in [2.45, 2.75) is 45.3 Å². The van der Waals surface area contributed by atoms with Gasteiger partial charge in [-0.1, -0.05) is 0 Å². The van der Waals surface area contributed by atoms with E-state index in [4.69, 9.17) is 18.9 Å². The van der Waals surface area contributed by atoms with Crippen molar-refractivity contribution >= 4 is 29.1 Å². The summed E-state index contributed by atoms with van der Waals surface area (Å²) in [7, 11) is 1.78. The smallest absolute Gasteiger partial charge is 0.303 e. The van der Waals surface area contributed by atoms with Crippen LogP contribution in [0.15, 0.2) is 24.9 Å². The number of aromatic nitrogens is 6. The molecule has 1 aliphatic heterocycles. The number of carbonyl (C=O) groups is 3. The van der Waals surface area contributed by atoms with Crippen molar-refractivity contribution in [3.63, 3.8) is 0 Å². The maximum absolute atomic E-state index is 11.9. The number of hydrogen-bond acceptors (Lipinski definition) is 11. The van der Waals surface area contributed by atoms with E-state index in [2.05, 4.69) is 20.1 Å². The van der Waals surface area contributed by atoms with Gasteiger partial charge in [0.25, 0.3) is 0 Å². The Morgan fingerprint density at radius 3 is 2.39 bits per heavy atom. The molecule has 1 aliphatic rings. The summed E-state index contributed by atoms with van der Waals surface area (Å²) in [5.74, 6) is -1.74. The van der Waals surface area contributed by atoms with Crippen LogP contribution in [0.4, 0.5) is 0 Å². The van der Waals surface area contributed by atoms with Gasteiger partial charge in [0.2, 0.25) is 0 Å². The topological polar surface area (TPSA) is 150 Å². The summed E-state index contributed by atoms with van der Waals surface area (Å²) in [6.45, 7) is 3.50. The molecule has 13 nitrogen and oxygen atoms in total. The van der Waals surface area contributed by atoms with Gasteiger partial charge < -0.3 is 18.9 Å². The Morgan fingerprint density at radius 1 is 1.03 bits per heavy atom. The van der Waals surface area contributed by atoms with Gasteiger partial charge in [0.1, 0.15) is 30.2 Å². The molecule has 3 aromatic heterocycles. The molecule has 4 heterocycles. The zero-order valence-corrected chi connectivity index (χ0v) is 18.4. The van der Waals surface area contributed by atoms with Crippen LogP contribution in [0.25, 0.3) is 22.6 Å². The van der Waals surface area contributed by atoms with Gasteiger partial charge in [0.05, 0.1) is 12.0 Å². The van der Waals surface area contributed by atoms with E-state index in [1.807, 2.05) is 0 Å². The van der Waals surface area contributed by atoms with E-state index in [0.717, 1.165) is 5.69 Å². The molecule has 4 rings (SSSR count). The van der Waals surface area contributed by atoms with Crippen molar-refractivity contribution in [1.29, 1.82) is 0 Å². The molecular formula is C20H22N6O7. The van der Waals surface area contributed by atoms with E-state index in [-0.39, 0.29) is 6.61 Å². The first-order valence-electron chi connectivity index (χ1n) is 10.1. The summed E-state index contributed by atoms with van der Waals surface area (Å²) in [6.07, 6.45) is 0.574. The molecule has 0 unspecified atom stereocenters. The molecule has 0 amide bonds. The van der Waals surface area contributed by atoms with Crippen LogP contribution in [-0.4, -0.2) is 72.1 Å². The molecule has 13 heteroatoms. The molecule has 0 N–H and O–H groups in total. The van der Waals surface area contributed by atoms with Gasteiger partial charge in [-0.15, -0.1) is 0 Å². The lowest BCUT2D eigenvalue weighted by Gasteiger charge is -2.23. The summed E-state index contributed by atoms with van der Waals surface area (Å²) in [4.78, 5) is 48.1. The van der Waals surface area contributed by atoms with E-state index in [9.17, 15) is 14.4 Å². The highest BCUT2D eigenvalue weighted by atomic mass is 16.7. The molecule has 0 radical (unpaired) electrons. The fourth-order valence-corrected chi connectivity index (χ4v) is 3.75. The SMILES string of the molecule is CC(=O)OC[C@H]1O[C@@H](n2cnc3c(-c4ccnn4C)ncnc32)[C@H](OC(C)=O)[C@@H]1OC(C)=O. The number of esters is 3. The van der Waals surface area contributed by atoms with E-state index in [1.165, 1.54) is 33.4 Å². The third-order valence-electron chi connectivity index (χ3n) is 5.04. The summed E-state index contributed by atoms with van der Waals surface area (Å²) < 4.78 is 25.2. The zero-order chi connectivity index (χ0) is 23.7. The fraction of sp³-hybridized carbons (Fsp3) is 0.450. The predicted octanol–water partition coefficient (Wildman–Crippen LogP) is 0.551. The minimum Gasteiger partial charge on any atom is -0.463 e. The highest BCUT2D eigenvalue weighted by molar-refractivity contribution is 5.86. The molecule has 3 aromatic rings. The third kappa shape index (κ3) is 4.39. The third-order valence-corrected chi connectivity index (χ3v) is 5.04. The molecular weight excluding hydrogens is 436 g/mol. The minimum absolute atomic E-state index is 0.205. The van der Waals surface area contributed by atoms with Gasteiger partial charge in [-0.3, -0.25) is 23.6 Å². The van der Waals surface area contributed by atoms with Gasteiger partial charge in [-0.05, 0) is 6.07 Å². The summed E-state index contributed by atoms with van der Waals surface area (Å²) in [5.41, 5.74) is 2.15. The number of nitrogens with zero attached hydrogens (tertiary/aromatic N) is 6. The van der Waals surface area contributed by atoms with Gasteiger partial charge in [-0.25, -0.2) is 15.0 Å².